The third kappa shape index (κ3) is 3.16. The number of benzene rings is 1. The van der Waals surface area contributed by atoms with Crippen molar-refractivity contribution < 1.29 is 4.39 Å². The van der Waals surface area contributed by atoms with E-state index in [0.29, 0.717) is 17.9 Å². The minimum absolute atomic E-state index is 0.128. The lowest BCUT2D eigenvalue weighted by Gasteiger charge is -2.39. The Morgan fingerprint density at radius 2 is 1.91 bits per heavy atom. The highest BCUT2D eigenvalue weighted by molar-refractivity contribution is 5.74. The molecule has 0 spiro atoms. The van der Waals surface area contributed by atoms with Crippen LogP contribution in [0.2, 0.25) is 0 Å². The Labute approximate surface area is 186 Å². The van der Waals surface area contributed by atoms with Crippen LogP contribution >= 0.6 is 0 Å². The summed E-state index contributed by atoms with van der Waals surface area (Å²) in [4.78, 5) is 12.4. The molecule has 32 heavy (non-hydrogen) atoms. The highest BCUT2D eigenvalue weighted by Gasteiger charge is 2.40. The number of hydrogen-bond donors (Lipinski definition) is 1. The van der Waals surface area contributed by atoms with Crippen molar-refractivity contribution in [1.29, 1.82) is 0 Å². The lowest BCUT2D eigenvalue weighted by atomic mass is 9.93. The van der Waals surface area contributed by atoms with Crippen molar-refractivity contribution in [2.75, 3.05) is 31.1 Å². The fourth-order valence-electron chi connectivity index (χ4n) is 5.84. The first-order valence-electron chi connectivity index (χ1n) is 11.6. The van der Waals surface area contributed by atoms with Gasteiger partial charge in [-0.05, 0) is 37.0 Å². The first kappa shape index (κ1) is 19.7. The van der Waals surface area contributed by atoms with Gasteiger partial charge in [0.15, 0.2) is 11.3 Å². The van der Waals surface area contributed by atoms with Crippen molar-refractivity contribution in [2.45, 2.75) is 38.1 Å². The van der Waals surface area contributed by atoms with Crippen LogP contribution in [0.15, 0.2) is 42.7 Å². The molecule has 1 aliphatic heterocycles. The molecule has 0 amide bonds. The SMILES string of the molecule is CCC1CC(N2CCN(c3ccccc3F)CC2)CC1c1nnc2cnc3[nH]ccc3n12. The van der Waals surface area contributed by atoms with Gasteiger partial charge in [-0.15, -0.1) is 10.2 Å². The van der Waals surface area contributed by atoms with Gasteiger partial charge in [-0.1, -0.05) is 25.5 Å². The van der Waals surface area contributed by atoms with Gasteiger partial charge in [0.05, 0.1) is 17.4 Å². The molecule has 1 aromatic carbocycles. The van der Waals surface area contributed by atoms with E-state index in [0.717, 1.165) is 67.3 Å². The van der Waals surface area contributed by atoms with Crippen LogP contribution < -0.4 is 4.90 Å². The lowest BCUT2D eigenvalue weighted by Crippen LogP contribution is -2.50. The summed E-state index contributed by atoms with van der Waals surface area (Å²) in [5.41, 5.74) is 3.44. The van der Waals surface area contributed by atoms with Crippen molar-refractivity contribution in [2.24, 2.45) is 5.92 Å². The molecule has 1 N–H and O–H groups in total. The Morgan fingerprint density at radius 1 is 1.06 bits per heavy atom. The first-order chi connectivity index (χ1) is 15.7. The van der Waals surface area contributed by atoms with Crippen LogP contribution in [0.25, 0.3) is 16.8 Å². The van der Waals surface area contributed by atoms with Gasteiger partial charge in [0.1, 0.15) is 11.6 Å². The molecular weight excluding hydrogens is 405 g/mol. The minimum atomic E-state index is -0.128. The van der Waals surface area contributed by atoms with E-state index in [1.165, 1.54) is 6.42 Å². The molecule has 7 nitrogen and oxygen atoms in total. The van der Waals surface area contributed by atoms with Crippen LogP contribution in [-0.2, 0) is 0 Å². The van der Waals surface area contributed by atoms with Crippen LogP contribution in [0.4, 0.5) is 10.1 Å². The molecule has 4 heterocycles. The van der Waals surface area contributed by atoms with Gasteiger partial charge in [-0.25, -0.2) is 9.37 Å². The summed E-state index contributed by atoms with van der Waals surface area (Å²) < 4.78 is 16.4. The normalized spacial score (nSPS) is 24.7. The molecule has 0 bridgehead atoms. The van der Waals surface area contributed by atoms with E-state index in [1.54, 1.807) is 18.3 Å². The summed E-state index contributed by atoms with van der Waals surface area (Å²) >= 11 is 0. The smallest absolute Gasteiger partial charge is 0.179 e. The molecule has 2 fully saturated rings. The number of aromatic nitrogens is 5. The number of para-hydroxylation sites is 1. The summed E-state index contributed by atoms with van der Waals surface area (Å²) in [5, 5.41) is 9.07. The third-order valence-electron chi connectivity index (χ3n) is 7.52. The molecule has 1 saturated heterocycles. The average molecular weight is 434 g/mol. The Balaban J connectivity index is 1.22. The molecule has 6 rings (SSSR count). The van der Waals surface area contributed by atoms with E-state index in [1.807, 2.05) is 18.3 Å². The molecule has 8 heteroatoms. The number of H-pyrrole nitrogens is 1. The maximum Gasteiger partial charge on any atom is 0.179 e. The van der Waals surface area contributed by atoms with Gasteiger partial charge in [0, 0.05) is 44.3 Å². The van der Waals surface area contributed by atoms with Crippen LogP contribution in [0.1, 0.15) is 37.9 Å². The van der Waals surface area contributed by atoms with E-state index in [4.69, 9.17) is 0 Å². The van der Waals surface area contributed by atoms with Crippen molar-refractivity contribution in [3.8, 4) is 0 Å². The number of piperazine rings is 1. The quantitative estimate of drug-likeness (QED) is 0.530. The van der Waals surface area contributed by atoms with E-state index in [9.17, 15) is 4.39 Å². The van der Waals surface area contributed by atoms with Gasteiger partial charge in [0.25, 0.3) is 0 Å². The average Bonchev–Trinajstić information content (AvgIpc) is 3.56. The summed E-state index contributed by atoms with van der Waals surface area (Å²) in [5.74, 6) is 1.90. The van der Waals surface area contributed by atoms with Crippen LogP contribution in [0.5, 0.6) is 0 Å². The largest absolute Gasteiger partial charge is 0.367 e. The number of aromatic amines is 1. The monoisotopic (exact) mass is 433 g/mol. The fourth-order valence-corrected chi connectivity index (χ4v) is 5.84. The first-order valence-corrected chi connectivity index (χ1v) is 11.6. The van der Waals surface area contributed by atoms with Gasteiger partial charge < -0.3 is 9.88 Å². The molecule has 0 radical (unpaired) electrons. The van der Waals surface area contributed by atoms with Crippen LogP contribution in [0, 0.1) is 11.7 Å². The van der Waals surface area contributed by atoms with E-state index in [-0.39, 0.29) is 5.82 Å². The molecule has 3 aromatic heterocycles. The van der Waals surface area contributed by atoms with Crippen molar-refractivity contribution >= 4 is 22.5 Å². The number of hydrogen-bond acceptors (Lipinski definition) is 5. The highest BCUT2D eigenvalue weighted by atomic mass is 19.1. The predicted molar refractivity (Wildman–Crippen MR) is 122 cm³/mol. The number of fused-ring (bicyclic) bond motifs is 3. The second kappa shape index (κ2) is 7.85. The van der Waals surface area contributed by atoms with E-state index in [2.05, 4.69) is 47.4 Å². The molecule has 2 aliphatic rings. The number of nitrogens with one attached hydrogen (secondary N) is 1. The maximum atomic E-state index is 14.2. The standard InChI is InChI=1S/C24H28FN7/c1-2-16-13-17(30-9-11-31(12-10-30)20-6-4-3-5-19(20)25)14-18(16)24-29-28-22-15-27-23-21(32(22)24)7-8-26-23/h3-8,15-18,26H,2,9-14H2,1H3. The van der Waals surface area contributed by atoms with Crippen molar-refractivity contribution in [3.63, 3.8) is 0 Å². The van der Waals surface area contributed by atoms with Crippen molar-refractivity contribution in [1.82, 2.24) is 29.5 Å². The van der Waals surface area contributed by atoms with Crippen LogP contribution in [-0.4, -0.2) is 61.7 Å². The molecule has 4 aromatic rings. The zero-order valence-electron chi connectivity index (χ0n) is 18.3. The predicted octanol–water partition coefficient (Wildman–Crippen LogP) is 3.84. The van der Waals surface area contributed by atoms with Gasteiger partial charge >= 0.3 is 0 Å². The Kier molecular flexibility index (Phi) is 4.82. The minimum Gasteiger partial charge on any atom is -0.367 e. The van der Waals surface area contributed by atoms with Crippen molar-refractivity contribution in [3.05, 3.63) is 54.4 Å². The molecule has 3 atom stereocenters. The second-order valence-electron chi connectivity index (χ2n) is 9.10. The van der Waals surface area contributed by atoms with Gasteiger partial charge in [-0.2, -0.15) is 0 Å². The summed E-state index contributed by atoms with van der Waals surface area (Å²) in [6, 6.07) is 9.69. The van der Waals surface area contributed by atoms with Gasteiger partial charge in [0.2, 0.25) is 0 Å². The summed E-state index contributed by atoms with van der Waals surface area (Å²) in [6.07, 6.45) is 7.12. The zero-order chi connectivity index (χ0) is 21.7. The Bertz CT molecular complexity index is 1240. The highest BCUT2D eigenvalue weighted by Crippen LogP contribution is 2.43. The lowest BCUT2D eigenvalue weighted by molar-refractivity contribution is 0.182. The molecule has 3 unspecified atom stereocenters. The molecular formula is C24H28FN7. The summed E-state index contributed by atoms with van der Waals surface area (Å²) in [6.45, 7) is 5.95. The number of anilines is 1. The third-order valence-corrected chi connectivity index (χ3v) is 7.52. The van der Waals surface area contributed by atoms with E-state index < -0.39 is 0 Å². The fraction of sp³-hybridized carbons (Fsp3) is 0.458. The Morgan fingerprint density at radius 3 is 2.72 bits per heavy atom. The molecule has 166 valence electrons. The zero-order valence-corrected chi connectivity index (χ0v) is 18.3. The van der Waals surface area contributed by atoms with Crippen LogP contribution in [0.3, 0.4) is 0 Å². The maximum absolute atomic E-state index is 14.2. The van der Waals surface area contributed by atoms with E-state index >= 15 is 0 Å². The topological polar surface area (TPSA) is 65.4 Å². The number of rotatable bonds is 4. The molecule has 1 saturated carbocycles. The molecule has 1 aliphatic carbocycles. The second-order valence-corrected chi connectivity index (χ2v) is 9.10. The number of nitrogens with zero attached hydrogens (tertiary/aromatic N) is 6. The summed E-state index contributed by atoms with van der Waals surface area (Å²) in [7, 11) is 0. The Hall–Kier alpha value is -3.00. The number of halogens is 1. The van der Waals surface area contributed by atoms with Gasteiger partial charge in [-0.3, -0.25) is 9.30 Å².